The molecule has 0 aliphatic carbocycles. The Labute approximate surface area is 167 Å². The van der Waals surface area contributed by atoms with E-state index >= 15 is 0 Å². The van der Waals surface area contributed by atoms with Gasteiger partial charge in [0.1, 0.15) is 0 Å². The lowest BCUT2D eigenvalue weighted by Gasteiger charge is -2.16. The zero-order chi connectivity index (χ0) is 18.3. The van der Waals surface area contributed by atoms with E-state index in [1.807, 2.05) is 13.0 Å². The van der Waals surface area contributed by atoms with E-state index in [0.717, 1.165) is 11.8 Å². The topological polar surface area (TPSA) is 65.1 Å². The fraction of sp³-hybridized carbons (Fsp3) is 0.412. The van der Waals surface area contributed by atoms with Gasteiger partial charge in [0.15, 0.2) is 5.96 Å². The highest BCUT2D eigenvalue weighted by Gasteiger charge is 2.30. The number of aromatic amines is 1. The molecule has 144 valence electrons. The summed E-state index contributed by atoms with van der Waals surface area (Å²) in [5, 5.41) is 13.0. The van der Waals surface area contributed by atoms with E-state index in [4.69, 9.17) is 0 Å². The number of benzene rings is 1. The van der Waals surface area contributed by atoms with Crippen LogP contribution < -0.4 is 10.6 Å². The standard InChI is InChI=1S/C17H22F3N5.HI/c1-12(13-4-3-5-14(10-13)17(18,19)20)6-8-22-16(21-2)23-11-15-7-9-24-25-15;/h3-5,7,9-10,12H,6,8,11H2,1-2H3,(H,24,25)(H2,21,22,23);1H. The summed E-state index contributed by atoms with van der Waals surface area (Å²) in [6, 6.07) is 7.35. The molecule has 0 fully saturated rings. The van der Waals surface area contributed by atoms with Crippen LogP contribution in [0.3, 0.4) is 0 Å². The quantitative estimate of drug-likeness (QED) is 0.333. The van der Waals surface area contributed by atoms with Gasteiger partial charge in [-0.15, -0.1) is 24.0 Å². The maximum Gasteiger partial charge on any atom is 0.416 e. The minimum atomic E-state index is -4.31. The number of aliphatic imine (C=N–C) groups is 1. The Kier molecular flexibility index (Phi) is 8.89. The van der Waals surface area contributed by atoms with Gasteiger partial charge in [-0.3, -0.25) is 10.1 Å². The molecule has 0 aliphatic rings. The molecule has 1 aromatic heterocycles. The lowest BCUT2D eigenvalue weighted by Crippen LogP contribution is -2.37. The number of nitrogens with one attached hydrogen (secondary N) is 3. The first-order chi connectivity index (χ1) is 11.9. The van der Waals surface area contributed by atoms with E-state index < -0.39 is 11.7 Å². The lowest BCUT2D eigenvalue weighted by molar-refractivity contribution is -0.137. The lowest BCUT2D eigenvalue weighted by atomic mass is 9.96. The van der Waals surface area contributed by atoms with Gasteiger partial charge in [-0.1, -0.05) is 25.1 Å². The van der Waals surface area contributed by atoms with Crippen LogP contribution in [0.2, 0.25) is 0 Å². The Balaban J connectivity index is 0.00000338. The van der Waals surface area contributed by atoms with Crippen LogP contribution in [0.5, 0.6) is 0 Å². The van der Waals surface area contributed by atoms with Crippen molar-refractivity contribution in [3.8, 4) is 0 Å². The Morgan fingerprint density at radius 1 is 1.27 bits per heavy atom. The number of nitrogens with zero attached hydrogens (tertiary/aromatic N) is 2. The molecule has 0 saturated heterocycles. The number of hydrogen-bond donors (Lipinski definition) is 3. The first kappa shape index (κ1) is 22.3. The molecule has 1 aromatic carbocycles. The summed E-state index contributed by atoms with van der Waals surface area (Å²) in [7, 11) is 1.67. The van der Waals surface area contributed by atoms with Crippen LogP contribution in [0.4, 0.5) is 13.2 Å². The van der Waals surface area contributed by atoms with Crippen molar-refractivity contribution in [1.82, 2.24) is 20.8 Å². The minimum Gasteiger partial charge on any atom is -0.356 e. The fourth-order valence-electron chi connectivity index (χ4n) is 2.38. The molecule has 0 bridgehead atoms. The molecule has 3 N–H and O–H groups in total. The normalized spacial score (nSPS) is 13.0. The highest BCUT2D eigenvalue weighted by atomic mass is 127. The van der Waals surface area contributed by atoms with Crippen LogP contribution in [0.25, 0.3) is 0 Å². The van der Waals surface area contributed by atoms with Gasteiger partial charge in [-0.05, 0) is 30.0 Å². The third-order valence-electron chi connectivity index (χ3n) is 3.88. The molecule has 1 atom stereocenters. The SMILES string of the molecule is CN=C(NCCC(C)c1cccc(C(F)(F)F)c1)NCc1ccn[nH]1.I. The summed E-state index contributed by atoms with van der Waals surface area (Å²) in [4.78, 5) is 4.11. The molecule has 1 unspecified atom stereocenters. The number of rotatable bonds is 6. The van der Waals surface area contributed by atoms with Crippen LogP contribution in [0.15, 0.2) is 41.5 Å². The molecule has 9 heteroatoms. The van der Waals surface area contributed by atoms with Crippen LogP contribution in [0, 0.1) is 0 Å². The molecule has 2 aromatic rings. The largest absolute Gasteiger partial charge is 0.416 e. The second kappa shape index (κ2) is 10.4. The highest BCUT2D eigenvalue weighted by Crippen LogP contribution is 2.31. The van der Waals surface area contributed by atoms with E-state index in [1.54, 1.807) is 19.3 Å². The minimum absolute atomic E-state index is 0. The fourth-order valence-corrected chi connectivity index (χ4v) is 2.38. The molecular formula is C17H23F3IN5. The van der Waals surface area contributed by atoms with E-state index in [0.29, 0.717) is 31.0 Å². The molecule has 1 heterocycles. The summed E-state index contributed by atoms with van der Waals surface area (Å²) in [6.07, 6.45) is -1.96. The van der Waals surface area contributed by atoms with Crippen molar-refractivity contribution >= 4 is 29.9 Å². The number of guanidine groups is 1. The number of alkyl halides is 3. The van der Waals surface area contributed by atoms with E-state index in [-0.39, 0.29) is 29.9 Å². The van der Waals surface area contributed by atoms with Crippen molar-refractivity contribution < 1.29 is 13.2 Å². The number of halogens is 4. The molecule has 0 radical (unpaired) electrons. The van der Waals surface area contributed by atoms with Gasteiger partial charge in [0.05, 0.1) is 17.8 Å². The van der Waals surface area contributed by atoms with Crippen molar-refractivity contribution in [3.05, 3.63) is 53.3 Å². The van der Waals surface area contributed by atoms with Crippen molar-refractivity contribution in [3.63, 3.8) is 0 Å². The molecule has 2 rings (SSSR count). The first-order valence-corrected chi connectivity index (χ1v) is 8.00. The zero-order valence-electron chi connectivity index (χ0n) is 14.6. The Morgan fingerprint density at radius 2 is 2.04 bits per heavy atom. The van der Waals surface area contributed by atoms with Crippen molar-refractivity contribution in [2.75, 3.05) is 13.6 Å². The summed E-state index contributed by atoms with van der Waals surface area (Å²) in [5.41, 5.74) is 0.999. The zero-order valence-corrected chi connectivity index (χ0v) is 16.9. The predicted octanol–water partition coefficient (Wildman–Crippen LogP) is 3.91. The molecule has 0 saturated carbocycles. The smallest absolute Gasteiger partial charge is 0.356 e. The summed E-state index contributed by atoms with van der Waals surface area (Å²) in [6.45, 7) is 3.07. The average Bonchev–Trinajstić information content (AvgIpc) is 3.10. The molecule has 0 spiro atoms. The van der Waals surface area contributed by atoms with Gasteiger partial charge >= 0.3 is 6.18 Å². The van der Waals surface area contributed by atoms with Crippen LogP contribution in [-0.4, -0.2) is 29.7 Å². The third-order valence-corrected chi connectivity index (χ3v) is 3.88. The maximum absolute atomic E-state index is 12.8. The van der Waals surface area contributed by atoms with Crippen LogP contribution in [0.1, 0.15) is 36.1 Å². The Morgan fingerprint density at radius 3 is 2.65 bits per heavy atom. The molecule has 26 heavy (non-hydrogen) atoms. The number of H-pyrrole nitrogens is 1. The van der Waals surface area contributed by atoms with Gasteiger partial charge in [0, 0.05) is 19.8 Å². The second-order valence-electron chi connectivity index (χ2n) is 5.75. The van der Waals surface area contributed by atoms with E-state index in [1.165, 1.54) is 12.1 Å². The Hall–Kier alpha value is -1.78. The molecular weight excluding hydrogens is 458 g/mol. The number of hydrogen-bond acceptors (Lipinski definition) is 2. The molecule has 0 aliphatic heterocycles. The van der Waals surface area contributed by atoms with Gasteiger partial charge in [-0.25, -0.2) is 0 Å². The summed E-state index contributed by atoms with van der Waals surface area (Å²) in [5.74, 6) is 0.631. The first-order valence-electron chi connectivity index (χ1n) is 8.00. The average molecular weight is 481 g/mol. The second-order valence-corrected chi connectivity index (χ2v) is 5.75. The summed E-state index contributed by atoms with van der Waals surface area (Å²) < 4.78 is 38.4. The van der Waals surface area contributed by atoms with E-state index in [2.05, 4.69) is 25.8 Å². The predicted molar refractivity (Wildman–Crippen MR) is 107 cm³/mol. The van der Waals surface area contributed by atoms with Gasteiger partial charge in [0.2, 0.25) is 0 Å². The van der Waals surface area contributed by atoms with E-state index in [9.17, 15) is 13.2 Å². The van der Waals surface area contributed by atoms with Gasteiger partial charge in [-0.2, -0.15) is 18.3 Å². The monoisotopic (exact) mass is 481 g/mol. The maximum atomic E-state index is 12.8. The van der Waals surface area contributed by atoms with Crippen molar-refractivity contribution in [1.29, 1.82) is 0 Å². The molecule has 0 amide bonds. The highest BCUT2D eigenvalue weighted by molar-refractivity contribution is 14.0. The molecule has 5 nitrogen and oxygen atoms in total. The Bertz CT molecular complexity index is 686. The van der Waals surface area contributed by atoms with Crippen molar-refractivity contribution in [2.45, 2.75) is 32.0 Å². The third kappa shape index (κ3) is 6.85. The van der Waals surface area contributed by atoms with Crippen LogP contribution >= 0.6 is 24.0 Å². The summed E-state index contributed by atoms with van der Waals surface area (Å²) >= 11 is 0. The van der Waals surface area contributed by atoms with Crippen LogP contribution in [-0.2, 0) is 12.7 Å². The van der Waals surface area contributed by atoms with Gasteiger partial charge < -0.3 is 10.6 Å². The van der Waals surface area contributed by atoms with Gasteiger partial charge in [0.25, 0.3) is 0 Å². The number of aromatic nitrogens is 2. The van der Waals surface area contributed by atoms with Crippen molar-refractivity contribution in [2.24, 2.45) is 4.99 Å².